The standard InChI is InChI=1S/C14H8F12/c1-3-5-7(11(15,16)17)9(13(21,22)23)6(4-2)10(14(24,25)26)8(5)12(18,19)20/h3H,1,4H2,2H3. The predicted octanol–water partition coefficient (Wildman–Crippen LogP) is 6.97. The van der Waals surface area contributed by atoms with Crippen LogP contribution < -0.4 is 0 Å². The van der Waals surface area contributed by atoms with Crippen LogP contribution in [0.1, 0.15) is 40.3 Å². The normalized spacial score (nSPS) is 13.9. The Labute approximate surface area is 138 Å². The van der Waals surface area contributed by atoms with Crippen molar-refractivity contribution in [2.75, 3.05) is 0 Å². The molecule has 0 spiro atoms. The average Bonchev–Trinajstić information content (AvgIpc) is 2.39. The Morgan fingerprint density at radius 3 is 1.04 bits per heavy atom. The summed E-state index contributed by atoms with van der Waals surface area (Å²) in [7, 11) is 0. The van der Waals surface area contributed by atoms with Gasteiger partial charge in [0.2, 0.25) is 0 Å². The van der Waals surface area contributed by atoms with Crippen LogP contribution in [0.4, 0.5) is 52.7 Å². The number of rotatable bonds is 2. The van der Waals surface area contributed by atoms with Crippen LogP contribution in [0.25, 0.3) is 6.08 Å². The lowest BCUT2D eigenvalue weighted by atomic mass is 9.84. The molecule has 0 saturated carbocycles. The highest BCUT2D eigenvalue weighted by Crippen LogP contribution is 2.53. The lowest BCUT2D eigenvalue weighted by Crippen LogP contribution is -2.29. The second-order valence-corrected chi connectivity index (χ2v) is 4.94. The second-order valence-electron chi connectivity index (χ2n) is 4.94. The first kappa shape index (κ1) is 22.2. The molecule has 0 bridgehead atoms. The first-order valence-electron chi connectivity index (χ1n) is 6.53. The van der Waals surface area contributed by atoms with Gasteiger partial charge in [-0.1, -0.05) is 19.6 Å². The fourth-order valence-corrected chi connectivity index (χ4v) is 2.59. The van der Waals surface area contributed by atoms with Crippen molar-refractivity contribution in [1.29, 1.82) is 0 Å². The van der Waals surface area contributed by atoms with E-state index in [1.807, 2.05) is 0 Å². The highest BCUT2D eigenvalue weighted by molar-refractivity contribution is 5.67. The van der Waals surface area contributed by atoms with E-state index in [0.29, 0.717) is 6.92 Å². The molecule has 26 heavy (non-hydrogen) atoms. The highest BCUT2D eigenvalue weighted by Gasteiger charge is 2.54. The molecule has 1 rings (SSSR count). The third-order valence-electron chi connectivity index (χ3n) is 3.33. The fourth-order valence-electron chi connectivity index (χ4n) is 2.59. The molecule has 0 N–H and O–H groups in total. The molecular formula is C14H8F12. The van der Waals surface area contributed by atoms with E-state index in [9.17, 15) is 52.7 Å². The zero-order valence-electron chi connectivity index (χ0n) is 12.5. The zero-order valence-corrected chi connectivity index (χ0v) is 12.5. The van der Waals surface area contributed by atoms with Gasteiger partial charge in [-0.3, -0.25) is 0 Å². The minimum atomic E-state index is -6.01. The number of hydrogen-bond donors (Lipinski definition) is 0. The van der Waals surface area contributed by atoms with Crippen molar-refractivity contribution in [1.82, 2.24) is 0 Å². The Kier molecular flexibility index (Phi) is 5.44. The lowest BCUT2D eigenvalue weighted by molar-refractivity contribution is -0.172. The quantitative estimate of drug-likeness (QED) is 0.467. The minimum absolute atomic E-state index is 0.310. The predicted molar refractivity (Wildman–Crippen MR) is 65.9 cm³/mol. The summed E-state index contributed by atoms with van der Waals surface area (Å²) in [6.07, 6.45) is -25.7. The van der Waals surface area contributed by atoms with Crippen molar-refractivity contribution < 1.29 is 52.7 Å². The fraction of sp³-hybridized carbons (Fsp3) is 0.429. The molecule has 1 aromatic rings. The van der Waals surface area contributed by atoms with Crippen LogP contribution >= 0.6 is 0 Å². The van der Waals surface area contributed by atoms with E-state index >= 15 is 0 Å². The van der Waals surface area contributed by atoms with Crippen LogP contribution in [0.3, 0.4) is 0 Å². The van der Waals surface area contributed by atoms with Crippen molar-refractivity contribution in [3.05, 3.63) is 40.0 Å². The molecule has 1 aromatic carbocycles. The minimum Gasteiger partial charge on any atom is -0.166 e. The van der Waals surface area contributed by atoms with Crippen LogP contribution in [0, 0.1) is 0 Å². The maximum Gasteiger partial charge on any atom is 0.417 e. The van der Waals surface area contributed by atoms with E-state index in [-0.39, 0.29) is 6.08 Å². The monoisotopic (exact) mass is 404 g/mol. The van der Waals surface area contributed by atoms with Crippen LogP contribution in [0.2, 0.25) is 0 Å². The van der Waals surface area contributed by atoms with E-state index in [2.05, 4.69) is 6.58 Å². The van der Waals surface area contributed by atoms with E-state index in [4.69, 9.17) is 0 Å². The molecule has 12 heteroatoms. The maximum atomic E-state index is 13.2. The first-order valence-corrected chi connectivity index (χ1v) is 6.53. The van der Waals surface area contributed by atoms with Crippen LogP contribution in [-0.2, 0) is 31.1 Å². The Balaban J connectivity index is 4.50. The lowest BCUT2D eigenvalue weighted by Gasteiger charge is -2.28. The van der Waals surface area contributed by atoms with Crippen molar-refractivity contribution in [3.63, 3.8) is 0 Å². The topological polar surface area (TPSA) is 0 Å². The molecular weight excluding hydrogens is 396 g/mol. The molecule has 0 heterocycles. The van der Waals surface area contributed by atoms with Crippen molar-refractivity contribution in [2.45, 2.75) is 38.0 Å². The molecule has 0 aliphatic carbocycles. The van der Waals surface area contributed by atoms with Crippen molar-refractivity contribution in [3.8, 4) is 0 Å². The highest BCUT2D eigenvalue weighted by atomic mass is 19.4. The maximum absolute atomic E-state index is 13.2. The molecule has 0 aliphatic rings. The molecule has 148 valence electrons. The second kappa shape index (κ2) is 6.38. The molecule has 0 nitrogen and oxygen atoms in total. The van der Waals surface area contributed by atoms with Crippen LogP contribution in [0.5, 0.6) is 0 Å². The Morgan fingerprint density at radius 2 is 0.885 bits per heavy atom. The summed E-state index contributed by atoms with van der Waals surface area (Å²) in [5.74, 6) is 0. The third-order valence-corrected chi connectivity index (χ3v) is 3.33. The van der Waals surface area contributed by atoms with E-state index in [0.717, 1.165) is 0 Å². The SMILES string of the molecule is C=Cc1c(C(F)(F)F)c(C(F)(F)F)c(CC)c(C(F)(F)F)c1C(F)(F)F. The summed E-state index contributed by atoms with van der Waals surface area (Å²) in [4.78, 5) is 0. The number of halogens is 12. The van der Waals surface area contributed by atoms with Crippen LogP contribution in [0.15, 0.2) is 6.58 Å². The number of hydrogen-bond acceptors (Lipinski definition) is 0. The molecule has 0 atom stereocenters. The molecule has 0 aliphatic heterocycles. The summed E-state index contributed by atoms with van der Waals surface area (Å²) in [5.41, 5.74) is -15.8. The molecule has 0 aromatic heterocycles. The summed E-state index contributed by atoms with van der Waals surface area (Å²) >= 11 is 0. The summed E-state index contributed by atoms with van der Waals surface area (Å²) in [6, 6.07) is 0. The van der Waals surface area contributed by atoms with E-state index in [1.54, 1.807) is 0 Å². The van der Waals surface area contributed by atoms with Gasteiger partial charge in [0.05, 0.1) is 22.3 Å². The Bertz CT molecular complexity index is 644. The van der Waals surface area contributed by atoms with Crippen molar-refractivity contribution in [2.24, 2.45) is 0 Å². The number of benzene rings is 1. The Hall–Kier alpha value is -1.88. The van der Waals surface area contributed by atoms with E-state index in [1.165, 1.54) is 0 Å². The molecule has 0 saturated heterocycles. The third kappa shape index (κ3) is 3.93. The molecule has 0 radical (unpaired) electrons. The first-order chi connectivity index (χ1) is 11.4. The van der Waals surface area contributed by atoms with Gasteiger partial charge in [-0.2, -0.15) is 52.7 Å². The van der Waals surface area contributed by atoms with Gasteiger partial charge in [0.15, 0.2) is 0 Å². The average molecular weight is 404 g/mol. The smallest absolute Gasteiger partial charge is 0.166 e. The van der Waals surface area contributed by atoms with Gasteiger partial charge in [-0.25, -0.2) is 0 Å². The number of alkyl halides is 12. The van der Waals surface area contributed by atoms with Gasteiger partial charge >= 0.3 is 24.7 Å². The zero-order chi connectivity index (χ0) is 20.9. The van der Waals surface area contributed by atoms with Gasteiger partial charge in [0, 0.05) is 0 Å². The largest absolute Gasteiger partial charge is 0.417 e. The Morgan fingerprint density at radius 1 is 0.615 bits per heavy atom. The van der Waals surface area contributed by atoms with Gasteiger partial charge in [0.1, 0.15) is 0 Å². The molecule has 0 fully saturated rings. The molecule has 0 unspecified atom stereocenters. The summed E-state index contributed by atoms with van der Waals surface area (Å²) < 4.78 is 158. The van der Waals surface area contributed by atoms with Gasteiger partial charge in [0.25, 0.3) is 0 Å². The van der Waals surface area contributed by atoms with Gasteiger partial charge < -0.3 is 0 Å². The molecule has 0 amide bonds. The van der Waals surface area contributed by atoms with Crippen LogP contribution in [-0.4, -0.2) is 0 Å². The summed E-state index contributed by atoms with van der Waals surface area (Å²) in [6.45, 7) is 3.14. The van der Waals surface area contributed by atoms with Crippen molar-refractivity contribution >= 4 is 6.08 Å². The van der Waals surface area contributed by atoms with E-state index < -0.39 is 64.5 Å². The van der Waals surface area contributed by atoms with Gasteiger partial charge in [-0.15, -0.1) is 0 Å². The summed E-state index contributed by atoms with van der Waals surface area (Å²) in [5, 5.41) is 0. The van der Waals surface area contributed by atoms with Gasteiger partial charge in [-0.05, 0) is 17.5 Å².